The van der Waals surface area contributed by atoms with Crippen molar-refractivity contribution in [1.29, 1.82) is 0 Å². The Balaban J connectivity index is 1.96. The van der Waals surface area contributed by atoms with E-state index in [2.05, 4.69) is 28.7 Å². The fraction of sp³-hybridized carbons (Fsp3) is 0.321. The monoisotopic (exact) mass is 549 g/mol. The van der Waals surface area contributed by atoms with Gasteiger partial charge >= 0.3 is 23.4 Å². The largest absolute Gasteiger partial charge is 0.497 e. The van der Waals surface area contributed by atoms with E-state index in [9.17, 15) is 14.9 Å². The maximum atomic E-state index is 13.4. The maximum Gasteiger partial charge on any atom is 0.392 e. The minimum atomic E-state index is -0.668. The number of fused-ring (bicyclic) bond motifs is 1. The van der Waals surface area contributed by atoms with Gasteiger partial charge in [0.2, 0.25) is 0 Å². The first-order valence-corrected chi connectivity index (χ1v) is 12.8. The van der Waals surface area contributed by atoms with Crippen molar-refractivity contribution in [1.82, 2.24) is 19.4 Å². The number of hydrogen-bond acceptors (Lipinski definition) is 10. The van der Waals surface area contributed by atoms with E-state index >= 15 is 0 Å². The van der Waals surface area contributed by atoms with Gasteiger partial charge in [0.1, 0.15) is 17.8 Å². The van der Waals surface area contributed by atoms with Crippen molar-refractivity contribution in [3.63, 3.8) is 0 Å². The van der Waals surface area contributed by atoms with Crippen molar-refractivity contribution >= 4 is 22.6 Å². The molecule has 0 radical (unpaired) electrons. The molecule has 0 unspecified atom stereocenters. The summed E-state index contributed by atoms with van der Waals surface area (Å²) in [5.41, 5.74) is 2.19. The minimum Gasteiger partial charge on any atom is -0.497 e. The summed E-state index contributed by atoms with van der Waals surface area (Å²) in [4.78, 5) is 34.4. The molecule has 2 aromatic heterocycles. The van der Waals surface area contributed by atoms with Crippen LogP contribution in [0.2, 0.25) is 0 Å². The third-order valence-electron chi connectivity index (χ3n) is 6.46. The van der Waals surface area contributed by atoms with E-state index < -0.39 is 16.6 Å². The third-order valence-corrected chi connectivity index (χ3v) is 6.46. The Morgan fingerprint density at radius 3 is 2.25 bits per heavy atom. The van der Waals surface area contributed by atoms with Crippen LogP contribution < -0.4 is 14.2 Å². The first-order chi connectivity index (χ1) is 19.4. The average molecular weight is 550 g/mol. The van der Waals surface area contributed by atoms with Gasteiger partial charge in [-0.25, -0.2) is 4.79 Å². The number of aromatic nitrogens is 3. The predicted octanol–water partition coefficient (Wildman–Crippen LogP) is 5.16. The van der Waals surface area contributed by atoms with Crippen LogP contribution in [-0.4, -0.2) is 64.2 Å². The van der Waals surface area contributed by atoms with E-state index in [1.807, 2.05) is 28.8 Å². The third kappa shape index (κ3) is 5.52. The summed E-state index contributed by atoms with van der Waals surface area (Å²) in [6, 6.07) is 12.7. The summed E-state index contributed by atoms with van der Waals surface area (Å²) in [6.45, 7) is 8.09. The number of carbonyl (C=O) groups excluding carboxylic acids is 1. The molecule has 2 heterocycles. The molecule has 210 valence electrons. The lowest BCUT2D eigenvalue weighted by Crippen LogP contribution is -2.25. The fourth-order valence-electron chi connectivity index (χ4n) is 4.49. The van der Waals surface area contributed by atoms with Gasteiger partial charge in [-0.1, -0.05) is 13.8 Å². The van der Waals surface area contributed by atoms with Crippen LogP contribution in [0.1, 0.15) is 36.8 Å². The molecule has 0 aliphatic rings. The molecule has 0 spiro atoms. The van der Waals surface area contributed by atoms with E-state index in [4.69, 9.17) is 18.9 Å². The van der Waals surface area contributed by atoms with Crippen molar-refractivity contribution in [2.45, 2.75) is 27.3 Å². The van der Waals surface area contributed by atoms with Crippen LogP contribution >= 0.6 is 0 Å². The van der Waals surface area contributed by atoms with Crippen LogP contribution in [0.3, 0.4) is 0 Å². The normalized spacial score (nSPS) is 11.1. The van der Waals surface area contributed by atoms with Gasteiger partial charge in [-0.2, -0.15) is 9.97 Å². The van der Waals surface area contributed by atoms with Gasteiger partial charge in [-0.15, -0.1) is 0 Å². The van der Waals surface area contributed by atoms with Crippen molar-refractivity contribution in [2.75, 3.05) is 33.9 Å². The van der Waals surface area contributed by atoms with Crippen molar-refractivity contribution < 1.29 is 28.7 Å². The molecule has 0 N–H and O–H groups in total. The lowest BCUT2D eigenvalue weighted by Gasteiger charge is -2.21. The molecule has 0 amide bonds. The number of nitro groups is 1. The zero-order chi connectivity index (χ0) is 28.8. The number of esters is 1. The van der Waals surface area contributed by atoms with Crippen LogP contribution in [-0.2, 0) is 11.3 Å². The Morgan fingerprint density at radius 2 is 1.65 bits per heavy atom. The Bertz CT molecular complexity index is 1510. The number of ether oxygens (including phenoxy) is 4. The van der Waals surface area contributed by atoms with Gasteiger partial charge < -0.3 is 23.5 Å². The molecule has 40 heavy (non-hydrogen) atoms. The second-order valence-electron chi connectivity index (χ2n) is 8.61. The molecule has 0 bridgehead atoms. The van der Waals surface area contributed by atoms with E-state index in [0.29, 0.717) is 23.2 Å². The molecular formula is C28H31N5O7. The highest BCUT2D eigenvalue weighted by molar-refractivity contribution is 6.07. The molecule has 0 aliphatic carbocycles. The van der Waals surface area contributed by atoms with Crippen LogP contribution in [0.4, 0.5) is 5.69 Å². The lowest BCUT2D eigenvalue weighted by molar-refractivity contribution is -0.387. The van der Waals surface area contributed by atoms with Gasteiger partial charge in [0.15, 0.2) is 0 Å². The Hall–Kier alpha value is -4.71. The first-order valence-electron chi connectivity index (χ1n) is 12.8. The molecule has 12 nitrogen and oxygen atoms in total. The van der Waals surface area contributed by atoms with E-state index in [1.165, 1.54) is 7.11 Å². The Kier molecular flexibility index (Phi) is 8.80. The lowest BCUT2D eigenvalue weighted by atomic mass is 10.1. The van der Waals surface area contributed by atoms with Crippen molar-refractivity contribution in [2.24, 2.45) is 0 Å². The number of methoxy groups -OCH3 is 2. The molecule has 0 saturated heterocycles. The molecule has 12 heteroatoms. The zero-order valence-corrected chi connectivity index (χ0v) is 23.0. The maximum absolute atomic E-state index is 13.4. The highest BCUT2D eigenvalue weighted by Gasteiger charge is 2.28. The highest BCUT2D eigenvalue weighted by Crippen LogP contribution is 2.38. The van der Waals surface area contributed by atoms with Gasteiger partial charge in [0.05, 0.1) is 42.5 Å². The highest BCUT2D eigenvalue weighted by atomic mass is 16.6. The van der Waals surface area contributed by atoms with Crippen LogP contribution in [0.25, 0.3) is 16.6 Å². The first kappa shape index (κ1) is 28.3. The number of nitrogens with zero attached hydrogens (tertiary/aromatic N) is 5. The summed E-state index contributed by atoms with van der Waals surface area (Å²) >= 11 is 0. The Labute approximate surface area is 231 Å². The molecular weight excluding hydrogens is 518 g/mol. The van der Waals surface area contributed by atoms with Crippen molar-refractivity contribution in [3.05, 3.63) is 70.2 Å². The second kappa shape index (κ2) is 12.4. The van der Waals surface area contributed by atoms with Gasteiger partial charge in [-0.05, 0) is 62.5 Å². The minimum absolute atomic E-state index is 0.196. The molecule has 0 saturated carbocycles. The number of rotatable bonds is 12. The summed E-state index contributed by atoms with van der Waals surface area (Å²) in [5.74, 6) is -0.0482. The van der Waals surface area contributed by atoms with Crippen LogP contribution in [0, 0.1) is 10.1 Å². The number of benzene rings is 2. The summed E-state index contributed by atoms with van der Waals surface area (Å²) < 4.78 is 23.7. The van der Waals surface area contributed by atoms with Gasteiger partial charge in [0.25, 0.3) is 0 Å². The molecule has 2 aromatic carbocycles. The van der Waals surface area contributed by atoms with Crippen LogP contribution in [0.5, 0.6) is 23.3 Å². The molecule has 0 aliphatic heterocycles. The van der Waals surface area contributed by atoms with Gasteiger partial charge in [-0.3, -0.25) is 15.0 Å². The SMILES string of the molecule is CCOC(=O)c1c(CN(CC)CC)n(-c2ccc(OC)cc2)c2ccc(Oc3ncnc(OC)c3[N+](=O)[O-])cc12. The quantitative estimate of drug-likeness (QED) is 0.133. The van der Waals surface area contributed by atoms with Gasteiger partial charge in [0, 0.05) is 17.6 Å². The standard InChI is InChI=1S/C28H31N5O7/c1-6-31(7-2)16-23-24(28(34)39-8-3)21-15-20(40-27-25(33(35)36)26(38-5)29-17-30-27)13-14-22(21)32(23)18-9-11-19(37-4)12-10-18/h9-15,17H,6-8,16H2,1-5H3. The average Bonchev–Trinajstić information content (AvgIpc) is 3.28. The van der Waals surface area contributed by atoms with Crippen molar-refractivity contribution in [3.8, 4) is 28.9 Å². The number of hydrogen-bond donors (Lipinski definition) is 0. The smallest absolute Gasteiger partial charge is 0.392 e. The summed E-state index contributed by atoms with van der Waals surface area (Å²) in [5, 5.41) is 12.3. The molecule has 0 fully saturated rings. The summed E-state index contributed by atoms with van der Waals surface area (Å²) in [6.07, 6.45) is 1.12. The van der Waals surface area contributed by atoms with E-state index in [-0.39, 0.29) is 24.1 Å². The van der Waals surface area contributed by atoms with E-state index in [1.54, 1.807) is 32.2 Å². The second-order valence-corrected chi connectivity index (χ2v) is 8.61. The topological polar surface area (TPSA) is 131 Å². The molecule has 0 atom stereocenters. The predicted molar refractivity (Wildman–Crippen MR) is 148 cm³/mol. The Morgan fingerprint density at radius 1 is 0.975 bits per heavy atom. The molecule has 4 rings (SSSR count). The fourth-order valence-corrected chi connectivity index (χ4v) is 4.49. The van der Waals surface area contributed by atoms with Crippen LogP contribution in [0.15, 0.2) is 48.8 Å². The summed E-state index contributed by atoms with van der Waals surface area (Å²) in [7, 11) is 2.87. The molecule has 4 aromatic rings. The zero-order valence-electron chi connectivity index (χ0n) is 23.0. The number of carbonyl (C=O) groups is 1. The van der Waals surface area contributed by atoms with E-state index in [0.717, 1.165) is 36.3 Å².